The zero-order valence-corrected chi connectivity index (χ0v) is 12.0. The lowest BCUT2D eigenvalue weighted by Crippen LogP contribution is -2.62. The van der Waals surface area contributed by atoms with Gasteiger partial charge in [-0.1, -0.05) is 11.6 Å². The summed E-state index contributed by atoms with van der Waals surface area (Å²) in [6, 6.07) is 3.42. The van der Waals surface area contributed by atoms with Crippen molar-refractivity contribution in [3.8, 4) is 0 Å². The number of morpholine rings is 1. The maximum atomic E-state index is 12.1. The Balaban J connectivity index is 1.59. The molecule has 108 valence electrons. The number of anilines is 1. The Morgan fingerprint density at radius 3 is 3.00 bits per heavy atom. The topological polar surface area (TPSA) is 54.5 Å². The molecular weight excluding hydrogens is 278 g/mol. The number of rotatable bonds is 3. The first kappa shape index (κ1) is 13.8. The molecule has 20 heavy (non-hydrogen) atoms. The average molecular weight is 296 g/mol. The van der Waals surface area contributed by atoms with Gasteiger partial charge in [-0.3, -0.25) is 9.69 Å². The molecule has 1 aliphatic heterocycles. The average Bonchev–Trinajstić information content (AvgIpc) is 2.40. The molecule has 1 saturated heterocycles. The normalized spacial score (nSPS) is 21.4. The molecule has 5 nitrogen and oxygen atoms in total. The number of hydrogen-bond donors (Lipinski definition) is 1. The van der Waals surface area contributed by atoms with Crippen LogP contribution < -0.4 is 5.32 Å². The van der Waals surface area contributed by atoms with E-state index in [1.54, 1.807) is 12.1 Å². The van der Waals surface area contributed by atoms with Crippen LogP contribution in [0.25, 0.3) is 0 Å². The van der Waals surface area contributed by atoms with E-state index in [9.17, 15) is 4.79 Å². The lowest BCUT2D eigenvalue weighted by Gasteiger charge is -2.52. The highest BCUT2D eigenvalue weighted by molar-refractivity contribution is 6.30. The van der Waals surface area contributed by atoms with Crippen LogP contribution in [0.2, 0.25) is 5.02 Å². The predicted molar refractivity (Wildman–Crippen MR) is 76.9 cm³/mol. The second kappa shape index (κ2) is 5.68. The Hall–Kier alpha value is -1.17. The summed E-state index contributed by atoms with van der Waals surface area (Å²) in [6.45, 7) is 2.67. The number of aromatic nitrogens is 1. The van der Waals surface area contributed by atoms with Crippen LogP contribution in [0.15, 0.2) is 18.3 Å². The zero-order valence-electron chi connectivity index (χ0n) is 11.3. The molecule has 0 radical (unpaired) electrons. The smallest absolute Gasteiger partial charge is 0.239 e. The van der Waals surface area contributed by atoms with Crippen LogP contribution in [0.1, 0.15) is 19.3 Å². The maximum absolute atomic E-state index is 12.1. The van der Waals surface area contributed by atoms with Crippen molar-refractivity contribution >= 4 is 23.3 Å². The highest BCUT2D eigenvalue weighted by atomic mass is 35.5. The van der Waals surface area contributed by atoms with Crippen molar-refractivity contribution in [2.45, 2.75) is 24.8 Å². The first-order chi connectivity index (χ1) is 9.68. The van der Waals surface area contributed by atoms with Gasteiger partial charge in [0.1, 0.15) is 5.82 Å². The number of hydrogen-bond acceptors (Lipinski definition) is 4. The standard InChI is InChI=1S/C14H18ClN3O2/c15-11-2-3-12(16-8-11)17-13(19)9-18-6-7-20-10-14(18)4-1-5-14/h2-3,8H,1,4-7,9-10H2,(H,16,17,19). The van der Waals surface area contributed by atoms with Crippen LogP contribution in [0.5, 0.6) is 0 Å². The van der Waals surface area contributed by atoms with E-state index in [1.807, 2.05) is 0 Å². The van der Waals surface area contributed by atoms with Gasteiger partial charge in [-0.05, 0) is 31.4 Å². The molecule has 0 aromatic carbocycles. The van der Waals surface area contributed by atoms with E-state index in [2.05, 4.69) is 15.2 Å². The molecule has 2 aliphatic rings. The second-order valence-electron chi connectivity index (χ2n) is 5.46. The molecule has 1 aromatic heterocycles. The Bertz CT molecular complexity index is 488. The van der Waals surface area contributed by atoms with Crippen molar-refractivity contribution in [2.24, 2.45) is 0 Å². The number of nitrogens with one attached hydrogen (secondary N) is 1. The van der Waals surface area contributed by atoms with Gasteiger partial charge in [0.2, 0.25) is 5.91 Å². The molecule has 2 heterocycles. The van der Waals surface area contributed by atoms with Gasteiger partial charge in [-0.25, -0.2) is 4.98 Å². The molecule has 6 heteroatoms. The third-order valence-electron chi connectivity index (χ3n) is 4.16. The van der Waals surface area contributed by atoms with E-state index < -0.39 is 0 Å². The number of ether oxygens (including phenoxy) is 1. The number of carbonyl (C=O) groups excluding carboxylic acids is 1. The molecule has 1 spiro atoms. The summed E-state index contributed by atoms with van der Waals surface area (Å²) in [6.07, 6.45) is 5.00. The minimum atomic E-state index is -0.0343. The van der Waals surface area contributed by atoms with E-state index in [0.717, 1.165) is 26.0 Å². The molecule has 2 fully saturated rings. The Kier molecular flexibility index (Phi) is 3.92. The first-order valence-electron chi connectivity index (χ1n) is 6.92. The van der Waals surface area contributed by atoms with Crippen LogP contribution in [0, 0.1) is 0 Å². The fourth-order valence-corrected chi connectivity index (χ4v) is 2.97. The van der Waals surface area contributed by atoms with E-state index in [-0.39, 0.29) is 11.4 Å². The number of pyridine rings is 1. The van der Waals surface area contributed by atoms with Gasteiger partial charge in [0.15, 0.2) is 0 Å². The summed E-state index contributed by atoms with van der Waals surface area (Å²) in [5.41, 5.74) is 0.100. The highest BCUT2D eigenvalue weighted by Gasteiger charge is 2.45. The first-order valence-corrected chi connectivity index (χ1v) is 7.30. The van der Waals surface area contributed by atoms with Gasteiger partial charge in [0.05, 0.1) is 24.8 Å². The van der Waals surface area contributed by atoms with Crippen molar-refractivity contribution in [1.82, 2.24) is 9.88 Å². The van der Waals surface area contributed by atoms with Crippen LogP contribution in [-0.4, -0.2) is 47.6 Å². The van der Waals surface area contributed by atoms with E-state index in [0.29, 0.717) is 24.0 Å². The van der Waals surface area contributed by atoms with Crippen LogP contribution in [0.4, 0.5) is 5.82 Å². The van der Waals surface area contributed by atoms with Crippen LogP contribution >= 0.6 is 11.6 Å². The van der Waals surface area contributed by atoms with Crippen molar-refractivity contribution in [3.63, 3.8) is 0 Å². The summed E-state index contributed by atoms with van der Waals surface area (Å²) >= 11 is 5.77. The second-order valence-corrected chi connectivity index (χ2v) is 5.90. The number of nitrogens with zero attached hydrogens (tertiary/aromatic N) is 2. The Morgan fingerprint density at radius 2 is 2.35 bits per heavy atom. The molecule has 3 rings (SSSR count). The van der Waals surface area contributed by atoms with Gasteiger partial charge in [0.25, 0.3) is 0 Å². The lowest BCUT2D eigenvalue weighted by atomic mass is 9.75. The third kappa shape index (κ3) is 2.80. The van der Waals surface area contributed by atoms with Crippen molar-refractivity contribution < 1.29 is 9.53 Å². The molecule has 0 bridgehead atoms. The molecule has 1 saturated carbocycles. The van der Waals surface area contributed by atoms with Gasteiger partial charge in [0, 0.05) is 18.3 Å². The summed E-state index contributed by atoms with van der Waals surface area (Å²) in [4.78, 5) is 18.5. The van der Waals surface area contributed by atoms with Gasteiger partial charge >= 0.3 is 0 Å². The molecule has 0 atom stereocenters. The van der Waals surface area contributed by atoms with E-state index >= 15 is 0 Å². The predicted octanol–water partition coefficient (Wildman–Crippen LogP) is 1.93. The van der Waals surface area contributed by atoms with Crippen molar-refractivity contribution in [2.75, 3.05) is 31.6 Å². The molecule has 1 aliphatic carbocycles. The quantitative estimate of drug-likeness (QED) is 0.926. The van der Waals surface area contributed by atoms with Crippen molar-refractivity contribution in [1.29, 1.82) is 0 Å². The van der Waals surface area contributed by atoms with E-state index in [4.69, 9.17) is 16.3 Å². The molecule has 0 unspecified atom stereocenters. The minimum Gasteiger partial charge on any atom is -0.378 e. The zero-order chi connectivity index (χ0) is 14.0. The molecule has 1 amide bonds. The fraction of sp³-hybridized carbons (Fsp3) is 0.571. The number of halogens is 1. The van der Waals surface area contributed by atoms with E-state index in [1.165, 1.54) is 12.6 Å². The largest absolute Gasteiger partial charge is 0.378 e. The Morgan fingerprint density at radius 1 is 1.50 bits per heavy atom. The summed E-state index contributed by atoms with van der Waals surface area (Å²) in [7, 11) is 0. The number of amides is 1. The van der Waals surface area contributed by atoms with Gasteiger partial charge in [-0.15, -0.1) is 0 Å². The number of carbonyl (C=O) groups is 1. The summed E-state index contributed by atoms with van der Waals surface area (Å²) < 4.78 is 5.57. The lowest BCUT2D eigenvalue weighted by molar-refractivity contribution is -0.131. The minimum absolute atomic E-state index is 0.0343. The fourth-order valence-electron chi connectivity index (χ4n) is 2.86. The third-order valence-corrected chi connectivity index (χ3v) is 4.38. The monoisotopic (exact) mass is 295 g/mol. The Labute approximate surface area is 123 Å². The molecule has 1 N–H and O–H groups in total. The summed E-state index contributed by atoms with van der Waals surface area (Å²) in [5.74, 6) is 0.503. The van der Waals surface area contributed by atoms with Gasteiger partial charge < -0.3 is 10.1 Å². The van der Waals surface area contributed by atoms with Crippen LogP contribution in [-0.2, 0) is 9.53 Å². The highest BCUT2D eigenvalue weighted by Crippen LogP contribution is 2.39. The molecule has 1 aromatic rings. The van der Waals surface area contributed by atoms with Gasteiger partial charge in [-0.2, -0.15) is 0 Å². The maximum Gasteiger partial charge on any atom is 0.239 e. The molecular formula is C14H18ClN3O2. The summed E-state index contributed by atoms with van der Waals surface area (Å²) in [5, 5.41) is 3.37. The van der Waals surface area contributed by atoms with Crippen molar-refractivity contribution in [3.05, 3.63) is 23.4 Å². The SMILES string of the molecule is O=C(CN1CCOCC12CCC2)Nc1ccc(Cl)cn1. The van der Waals surface area contributed by atoms with Crippen LogP contribution in [0.3, 0.4) is 0 Å².